The first-order chi connectivity index (χ1) is 8.70. The van der Waals surface area contributed by atoms with Crippen LogP contribution in [0.5, 0.6) is 0 Å². The van der Waals surface area contributed by atoms with Crippen LogP contribution >= 0.6 is 0 Å². The SMILES string of the molecule is O=CCC1CCN(c2ccc([N+](=O)[O-])nc2)CC1. The standard InChI is InChI=1S/C12H15N3O3/c16-8-5-10-3-6-14(7-4-10)11-1-2-12(13-9-11)15(17)18/h1-2,8-10H,3-7H2. The van der Waals surface area contributed by atoms with Crippen LogP contribution in [0.1, 0.15) is 19.3 Å². The molecule has 0 aliphatic carbocycles. The first-order valence-corrected chi connectivity index (χ1v) is 5.99. The number of carbonyl (C=O) groups excluding carboxylic acids is 1. The van der Waals surface area contributed by atoms with E-state index in [1.165, 1.54) is 12.3 Å². The summed E-state index contributed by atoms with van der Waals surface area (Å²) in [5, 5.41) is 10.5. The Balaban J connectivity index is 1.97. The van der Waals surface area contributed by atoms with E-state index in [4.69, 9.17) is 0 Å². The minimum atomic E-state index is -0.500. The van der Waals surface area contributed by atoms with Gasteiger partial charge in [-0.2, -0.15) is 0 Å². The zero-order valence-electron chi connectivity index (χ0n) is 9.99. The molecule has 96 valence electrons. The lowest BCUT2D eigenvalue weighted by molar-refractivity contribution is -0.389. The fourth-order valence-electron chi connectivity index (χ4n) is 2.24. The van der Waals surface area contributed by atoms with Gasteiger partial charge >= 0.3 is 5.82 Å². The van der Waals surface area contributed by atoms with Gasteiger partial charge < -0.3 is 19.8 Å². The van der Waals surface area contributed by atoms with Crippen LogP contribution in [0.15, 0.2) is 18.3 Å². The minimum absolute atomic E-state index is 0.130. The molecule has 1 aromatic heterocycles. The van der Waals surface area contributed by atoms with E-state index in [1.807, 2.05) is 0 Å². The third-order valence-corrected chi connectivity index (χ3v) is 3.33. The molecule has 1 fully saturated rings. The normalized spacial score (nSPS) is 16.6. The van der Waals surface area contributed by atoms with Gasteiger partial charge in [0.1, 0.15) is 6.29 Å². The third-order valence-electron chi connectivity index (χ3n) is 3.33. The predicted molar refractivity (Wildman–Crippen MR) is 66.5 cm³/mol. The third kappa shape index (κ3) is 2.82. The number of aromatic nitrogens is 1. The molecule has 0 saturated carbocycles. The smallest absolute Gasteiger partial charge is 0.363 e. The molecule has 0 bridgehead atoms. The molecule has 0 aromatic carbocycles. The van der Waals surface area contributed by atoms with Gasteiger partial charge in [-0.3, -0.25) is 0 Å². The van der Waals surface area contributed by atoms with Crippen molar-refractivity contribution < 1.29 is 9.72 Å². The number of anilines is 1. The lowest BCUT2D eigenvalue weighted by atomic mass is 9.94. The second-order valence-corrected chi connectivity index (χ2v) is 4.46. The summed E-state index contributed by atoms with van der Waals surface area (Å²) in [6.45, 7) is 1.75. The summed E-state index contributed by atoms with van der Waals surface area (Å²) in [5.74, 6) is 0.347. The van der Waals surface area contributed by atoms with Crippen molar-refractivity contribution in [1.82, 2.24) is 4.98 Å². The van der Waals surface area contributed by atoms with Crippen LogP contribution < -0.4 is 4.90 Å². The maximum Gasteiger partial charge on any atom is 0.363 e. The van der Waals surface area contributed by atoms with Crippen LogP contribution in [-0.4, -0.2) is 29.3 Å². The highest BCUT2D eigenvalue weighted by Gasteiger charge is 2.20. The molecule has 2 heterocycles. The molecule has 18 heavy (non-hydrogen) atoms. The van der Waals surface area contributed by atoms with E-state index in [1.54, 1.807) is 6.07 Å². The molecule has 6 nitrogen and oxygen atoms in total. The molecule has 0 spiro atoms. The number of piperidine rings is 1. The minimum Gasteiger partial charge on any atom is -0.368 e. The number of aldehydes is 1. The Morgan fingerprint density at radius 1 is 1.44 bits per heavy atom. The summed E-state index contributed by atoms with van der Waals surface area (Å²) in [5.41, 5.74) is 0.908. The Morgan fingerprint density at radius 3 is 2.67 bits per heavy atom. The van der Waals surface area contributed by atoms with Crippen LogP contribution in [-0.2, 0) is 4.79 Å². The molecule has 6 heteroatoms. The van der Waals surface area contributed by atoms with E-state index >= 15 is 0 Å². The van der Waals surface area contributed by atoms with Crippen molar-refractivity contribution in [2.24, 2.45) is 5.92 Å². The van der Waals surface area contributed by atoms with Gasteiger partial charge in [-0.1, -0.05) is 0 Å². The van der Waals surface area contributed by atoms with Gasteiger partial charge in [0.05, 0.1) is 5.69 Å². The molecule has 1 aromatic rings. The van der Waals surface area contributed by atoms with Crippen LogP contribution in [0.3, 0.4) is 0 Å². The lowest BCUT2D eigenvalue weighted by Gasteiger charge is -2.32. The van der Waals surface area contributed by atoms with Crippen LogP contribution in [0, 0.1) is 16.0 Å². The molecule has 0 N–H and O–H groups in total. The van der Waals surface area contributed by atoms with Crippen molar-refractivity contribution in [2.45, 2.75) is 19.3 Å². The maximum absolute atomic E-state index is 10.5. The van der Waals surface area contributed by atoms with Crippen molar-refractivity contribution in [2.75, 3.05) is 18.0 Å². The number of pyridine rings is 1. The Kier molecular flexibility index (Phi) is 3.86. The lowest BCUT2D eigenvalue weighted by Crippen LogP contribution is -2.33. The first kappa shape index (κ1) is 12.5. The Labute approximate surface area is 105 Å². The average Bonchev–Trinajstić information content (AvgIpc) is 2.40. The molecular weight excluding hydrogens is 234 g/mol. The fourth-order valence-corrected chi connectivity index (χ4v) is 2.24. The largest absolute Gasteiger partial charge is 0.368 e. The summed E-state index contributed by atoms with van der Waals surface area (Å²) < 4.78 is 0. The molecule has 1 aliphatic heterocycles. The monoisotopic (exact) mass is 249 g/mol. The van der Waals surface area contributed by atoms with Crippen molar-refractivity contribution in [3.63, 3.8) is 0 Å². The average molecular weight is 249 g/mol. The molecule has 2 rings (SSSR count). The maximum atomic E-state index is 10.5. The van der Waals surface area contributed by atoms with E-state index in [0.29, 0.717) is 12.3 Å². The second kappa shape index (κ2) is 5.57. The van der Waals surface area contributed by atoms with Crippen molar-refractivity contribution in [1.29, 1.82) is 0 Å². The van der Waals surface area contributed by atoms with E-state index in [-0.39, 0.29) is 5.82 Å². The zero-order valence-corrected chi connectivity index (χ0v) is 9.99. The Bertz CT molecular complexity index is 425. The van der Waals surface area contributed by atoms with E-state index in [9.17, 15) is 14.9 Å². The Hall–Kier alpha value is -1.98. The quantitative estimate of drug-likeness (QED) is 0.462. The topological polar surface area (TPSA) is 76.3 Å². The van der Waals surface area contributed by atoms with E-state index < -0.39 is 4.92 Å². The molecule has 0 atom stereocenters. The molecule has 0 amide bonds. The first-order valence-electron chi connectivity index (χ1n) is 5.99. The molecular formula is C12H15N3O3. The van der Waals surface area contributed by atoms with Crippen molar-refractivity contribution in [3.05, 3.63) is 28.4 Å². The van der Waals surface area contributed by atoms with E-state index in [2.05, 4.69) is 9.88 Å². The van der Waals surface area contributed by atoms with Crippen LogP contribution in [0.4, 0.5) is 11.5 Å². The Morgan fingerprint density at radius 2 is 2.17 bits per heavy atom. The number of nitro groups is 1. The van der Waals surface area contributed by atoms with Crippen molar-refractivity contribution in [3.8, 4) is 0 Å². The highest BCUT2D eigenvalue weighted by molar-refractivity contribution is 5.50. The summed E-state index contributed by atoms with van der Waals surface area (Å²) in [6.07, 6.45) is 5.11. The number of carbonyl (C=O) groups is 1. The summed E-state index contributed by atoms with van der Waals surface area (Å²) >= 11 is 0. The van der Waals surface area contributed by atoms with Gasteiger partial charge in [0, 0.05) is 25.6 Å². The van der Waals surface area contributed by atoms with Gasteiger partial charge in [0.15, 0.2) is 6.20 Å². The van der Waals surface area contributed by atoms with Gasteiger partial charge in [0.25, 0.3) is 0 Å². The molecule has 0 radical (unpaired) electrons. The van der Waals surface area contributed by atoms with Crippen LogP contribution in [0.2, 0.25) is 0 Å². The number of rotatable bonds is 4. The summed E-state index contributed by atoms with van der Waals surface area (Å²) in [7, 11) is 0. The molecule has 1 saturated heterocycles. The highest BCUT2D eigenvalue weighted by atomic mass is 16.6. The fraction of sp³-hybridized carbons (Fsp3) is 0.500. The summed E-state index contributed by atoms with van der Waals surface area (Å²) in [6, 6.07) is 3.15. The molecule has 1 aliphatic rings. The second-order valence-electron chi connectivity index (χ2n) is 4.46. The summed E-state index contributed by atoms with van der Waals surface area (Å²) in [4.78, 5) is 26.4. The molecule has 0 unspecified atom stereocenters. The highest BCUT2D eigenvalue weighted by Crippen LogP contribution is 2.24. The predicted octanol–water partition coefficient (Wildman–Crippen LogP) is 1.80. The zero-order chi connectivity index (χ0) is 13.0. The number of nitrogens with zero attached hydrogens (tertiary/aromatic N) is 3. The van der Waals surface area contributed by atoms with Gasteiger partial charge in [0.2, 0.25) is 0 Å². The van der Waals surface area contributed by atoms with Gasteiger partial charge in [-0.15, -0.1) is 0 Å². The van der Waals surface area contributed by atoms with Crippen molar-refractivity contribution >= 4 is 17.8 Å². The number of hydrogen-bond donors (Lipinski definition) is 0. The van der Waals surface area contributed by atoms with Crippen LogP contribution in [0.25, 0.3) is 0 Å². The van der Waals surface area contributed by atoms with E-state index in [0.717, 1.165) is 37.9 Å². The van der Waals surface area contributed by atoms with Gasteiger partial charge in [-0.25, -0.2) is 0 Å². The number of hydrogen-bond acceptors (Lipinski definition) is 5. The van der Waals surface area contributed by atoms with Gasteiger partial charge in [-0.05, 0) is 34.7 Å².